The van der Waals surface area contributed by atoms with Crippen molar-refractivity contribution in [3.8, 4) is 0 Å². The second-order valence-corrected chi connectivity index (χ2v) is 3.47. The zero-order valence-electron chi connectivity index (χ0n) is 10.7. The van der Waals surface area contributed by atoms with E-state index in [-0.39, 0.29) is 17.3 Å². The summed E-state index contributed by atoms with van der Waals surface area (Å²) in [4.78, 5) is 12.1. The van der Waals surface area contributed by atoms with Crippen molar-refractivity contribution in [1.29, 1.82) is 0 Å². The van der Waals surface area contributed by atoms with Crippen LogP contribution in [0.15, 0.2) is 72.3 Å². The highest BCUT2D eigenvalue weighted by Gasteiger charge is 2.09. The van der Waals surface area contributed by atoms with Crippen molar-refractivity contribution in [3.63, 3.8) is 0 Å². The minimum atomic E-state index is -0.213. The van der Waals surface area contributed by atoms with Gasteiger partial charge in [0, 0.05) is 11.1 Å². The number of hydrogen-bond donors (Lipinski definition) is 2. The van der Waals surface area contributed by atoms with E-state index < -0.39 is 0 Å². The fourth-order valence-electron chi connectivity index (χ4n) is 1.14. The number of Topliss-reactive ketones (excluding diaryl/α,β-unsaturated/α-hetero) is 1. The molecule has 0 aromatic heterocycles. The van der Waals surface area contributed by atoms with Crippen LogP contribution in [0.1, 0.15) is 13.8 Å². The number of hydrogen-bond acceptors (Lipinski definition) is 3. The van der Waals surface area contributed by atoms with Crippen LogP contribution in [0.2, 0.25) is 0 Å². The first-order valence-corrected chi connectivity index (χ1v) is 5.41. The zero-order chi connectivity index (χ0) is 14.1. The smallest absolute Gasteiger partial charge is 0.192 e. The van der Waals surface area contributed by atoms with Gasteiger partial charge in [-0.3, -0.25) is 4.79 Å². The lowest BCUT2D eigenvalue weighted by atomic mass is 10.0. The quantitative estimate of drug-likeness (QED) is 0.427. The number of ketones is 1. The van der Waals surface area contributed by atoms with Crippen molar-refractivity contribution in [2.45, 2.75) is 13.8 Å². The zero-order valence-corrected chi connectivity index (χ0v) is 10.7. The Balaban J connectivity index is 5.10. The summed E-state index contributed by atoms with van der Waals surface area (Å²) in [5, 5.41) is 17.9. The molecule has 0 unspecified atom stereocenters. The molecule has 2 N–H and O–H groups in total. The van der Waals surface area contributed by atoms with Crippen LogP contribution in [-0.4, -0.2) is 16.0 Å². The van der Waals surface area contributed by atoms with Crippen LogP contribution in [0.4, 0.5) is 0 Å². The van der Waals surface area contributed by atoms with Crippen LogP contribution >= 0.6 is 0 Å². The van der Waals surface area contributed by atoms with E-state index in [9.17, 15) is 4.79 Å². The van der Waals surface area contributed by atoms with Crippen LogP contribution in [0.25, 0.3) is 0 Å². The van der Waals surface area contributed by atoms with Gasteiger partial charge in [-0.25, -0.2) is 0 Å². The van der Waals surface area contributed by atoms with Gasteiger partial charge in [0.1, 0.15) is 11.5 Å². The van der Waals surface area contributed by atoms with E-state index >= 15 is 0 Å². The van der Waals surface area contributed by atoms with Gasteiger partial charge in [0.15, 0.2) is 5.78 Å². The molecule has 0 bridgehead atoms. The molecule has 0 rings (SSSR count). The monoisotopic (exact) mass is 246 g/mol. The second-order valence-electron chi connectivity index (χ2n) is 3.47. The average Bonchev–Trinajstić information content (AvgIpc) is 2.29. The Labute approximate surface area is 107 Å². The second kappa shape index (κ2) is 7.90. The highest BCUT2D eigenvalue weighted by Crippen LogP contribution is 2.11. The summed E-state index contributed by atoms with van der Waals surface area (Å²) >= 11 is 0. The first kappa shape index (κ1) is 15.7. The van der Waals surface area contributed by atoms with Gasteiger partial charge in [0.2, 0.25) is 0 Å². The molecule has 0 radical (unpaired) electrons. The topological polar surface area (TPSA) is 57.5 Å². The number of carbonyl (C=O) groups excluding carboxylic acids is 1. The molecule has 0 heterocycles. The Hall–Kier alpha value is -2.29. The molecule has 18 heavy (non-hydrogen) atoms. The van der Waals surface area contributed by atoms with Crippen molar-refractivity contribution >= 4 is 5.78 Å². The first-order valence-electron chi connectivity index (χ1n) is 5.41. The van der Waals surface area contributed by atoms with Crippen LogP contribution in [-0.2, 0) is 4.79 Å². The predicted octanol–water partition coefficient (Wildman–Crippen LogP) is 3.70. The molecule has 0 aliphatic rings. The minimum Gasteiger partial charge on any atom is -0.509 e. The van der Waals surface area contributed by atoms with Crippen LogP contribution in [0, 0.1) is 0 Å². The maximum Gasteiger partial charge on any atom is 0.192 e. The van der Waals surface area contributed by atoms with Gasteiger partial charge < -0.3 is 10.2 Å². The molecule has 0 atom stereocenters. The lowest BCUT2D eigenvalue weighted by Crippen LogP contribution is -2.03. The minimum absolute atomic E-state index is 0.122. The molecule has 0 aromatic rings. The molecule has 0 aliphatic heterocycles. The molecule has 0 spiro atoms. The summed E-state index contributed by atoms with van der Waals surface area (Å²) in [6.07, 6.45) is 8.91. The molecule has 0 aliphatic carbocycles. The molecule has 0 fully saturated rings. The Kier molecular flexibility index (Phi) is 6.89. The summed E-state index contributed by atoms with van der Waals surface area (Å²) in [5.74, 6) is -0.457. The van der Waals surface area contributed by atoms with E-state index in [1.165, 1.54) is 24.3 Å². The van der Waals surface area contributed by atoms with E-state index in [1.807, 2.05) is 0 Å². The summed E-state index contributed by atoms with van der Waals surface area (Å²) in [6.45, 7) is 10.0. The molecule has 0 saturated carbocycles. The predicted molar refractivity (Wildman–Crippen MR) is 74.3 cm³/mol. The summed E-state index contributed by atoms with van der Waals surface area (Å²) in [7, 11) is 0. The van der Waals surface area contributed by atoms with Gasteiger partial charge >= 0.3 is 0 Å². The molecule has 96 valence electrons. The van der Waals surface area contributed by atoms with Crippen molar-refractivity contribution in [3.05, 3.63) is 72.3 Å². The van der Waals surface area contributed by atoms with Gasteiger partial charge in [-0.05, 0) is 38.2 Å². The van der Waals surface area contributed by atoms with Crippen LogP contribution in [0.3, 0.4) is 0 Å². The van der Waals surface area contributed by atoms with Crippen molar-refractivity contribution < 1.29 is 15.0 Å². The molecule has 3 heteroatoms. The molecule has 0 aromatic carbocycles. The third-order valence-electron chi connectivity index (χ3n) is 2.06. The highest BCUT2D eigenvalue weighted by atomic mass is 16.3. The third-order valence-corrected chi connectivity index (χ3v) is 2.06. The molecule has 0 saturated heterocycles. The number of aliphatic hydroxyl groups excluding tert-OH is 2. The highest BCUT2D eigenvalue weighted by molar-refractivity contribution is 6.11. The lowest BCUT2D eigenvalue weighted by molar-refractivity contribution is -0.111. The van der Waals surface area contributed by atoms with E-state index in [0.29, 0.717) is 11.1 Å². The average molecular weight is 246 g/mol. The van der Waals surface area contributed by atoms with Crippen molar-refractivity contribution in [1.82, 2.24) is 0 Å². The molecular formula is C15H18O3. The van der Waals surface area contributed by atoms with E-state index in [4.69, 9.17) is 10.2 Å². The maximum atomic E-state index is 12.1. The van der Waals surface area contributed by atoms with E-state index in [0.717, 1.165) is 0 Å². The standard InChI is InChI=1S/C15H18O3/c1-5-13(9-7-11(3)16)15(18)14(6-2)10-8-12(4)17/h5-10,16-17H,3-4H2,1-2H3/b9-7-,10-8-,13-5+,14-6+. The number of rotatable bonds is 6. The molecule has 3 nitrogen and oxygen atoms in total. The maximum absolute atomic E-state index is 12.1. The van der Waals surface area contributed by atoms with Gasteiger partial charge in [-0.1, -0.05) is 25.3 Å². The van der Waals surface area contributed by atoms with Gasteiger partial charge in [-0.15, -0.1) is 0 Å². The van der Waals surface area contributed by atoms with Gasteiger partial charge in [-0.2, -0.15) is 0 Å². The first-order chi connectivity index (χ1) is 8.42. The number of aliphatic hydroxyl groups is 2. The van der Waals surface area contributed by atoms with Crippen LogP contribution < -0.4 is 0 Å². The normalized spacial score (nSPS) is 13.2. The van der Waals surface area contributed by atoms with E-state index in [2.05, 4.69) is 13.2 Å². The lowest BCUT2D eigenvalue weighted by Gasteiger charge is -2.02. The Bertz CT molecular complexity index is 418. The van der Waals surface area contributed by atoms with E-state index in [1.54, 1.807) is 26.0 Å². The summed E-state index contributed by atoms with van der Waals surface area (Å²) in [5.41, 5.74) is 0.845. The summed E-state index contributed by atoms with van der Waals surface area (Å²) in [6, 6.07) is 0. The van der Waals surface area contributed by atoms with Crippen LogP contribution in [0.5, 0.6) is 0 Å². The Morgan fingerprint density at radius 2 is 1.17 bits per heavy atom. The van der Waals surface area contributed by atoms with Gasteiger partial charge in [0.25, 0.3) is 0 Å². The number of allylic oxidation sites excluding steroid dienone is 8. The van der Waals surface area contributed by atoms with Crippen molar-refractivity contribution in [2.24, 2.45) is 0 Å². The fraction of sp³-hybridized carbons (Fsp3) is 0.133. The SMILES string of the molecule is C=C(O)/C=C\C(=C/C)C(=O)C(/C=C\C(=C)O)=C/C. The van der Waals surface area contributed by atoms with Crippen molar-refractivity contribution in [2.75, 3.05) is 0 Å². The fourth-order valence-corrected chi connectivity index (χ4v) is 1.14. The third kappa shape index (κ3) is 5.70. The summed E-state index contributed by atoms with van der Waals surface area (Å²) < 4.78 is 0. The number of carbonyl (C=O) groups is 1. The molecule has 0 amide bonds. The molecular weight excluding hydrogens is 228 g/mol. The Morgan fingerprint density at radius 1 is 0.833 bits per heavy atom. The van der Waals surface area contributed by atoms with Gasteiger partial charge in [0.05, 0.1) is 0 Å². The Morgan fingerprint density at radius 3 is 1.39 bits per heavy atom. The largest absolute Gasteiger partial charge is 0.509 e.